The van der Waals surface area contributed by atoms with Crippen molar-refractivity contribution in [3.63, 3.8) is 0 Å². The minimum absolute atomic E-state index is 0.00777. The summed E-state index contributed by atoms with van der Waals surface area (Å²) in [5, 5.41) is 9.21. The number of aromatic carboxylic acids is 1. The third-order valence-corrected chi connectivity index (χ3v) is 5.58. The highest BCUT2D eigenvalue weighted by atomic mass is 32.2. The number of sulfonamides is 1. The Hall–Kier alpha value is -1.87. The first-order valence-corrected chi connectivity index (χ1v) is 7.76. The van der Waals surface area contributed by atoms with Gasteiger partial charge in [-0.05, 0) is 26.7 Å². The number of nitrogens with zero attached hydrogens (tertiary/aromatic N) is 1. The lowest BCUT2D eigenvalue weighted by atomic mass is 10.2. The van der Waals surface area contributed by atoms with Crippen LogP contribution in [0.4, 0.5) is 0 Å². The normalized spacial score (nSPS) is 19.8. The van der Waals surface area contributed by atoms with Crippen LogP contribution in [-0.2, 0) is 14.8 Å². The molecular formula is C12H16N2O6S. The minimum atomic E-state index is -4.16. The fourth-order valence-electron chi connectivity index (χ4n) is 2.65. The van der Waals surface area contributed by atoms with Crippen molar-refractivity contribution in [2.75, 3.05) is 6.54 Å². The zero-order chi connectivity index (χ0) is 15.9. The molecule has 1 saturated heterocycles. The van der Waals surface area contributed by atoms with E-state index in [1.807, 2.05) is 0 Å². The molecule has 2 rings (SSSR count). The number of primary amides is 1. The summed E-state index contributed by atoms with van der Waals surface area (Å²) in [5.74, 6) is -2.14. The minimum Gasteiger partial charge on any atom is -0.478 e. The van der Waals surface area contributed by atoms with E-state index < -0.39 is 38.4 Å². The van der Waals surface area contributed by atoms with E-state index in [0.29, 0.717) is 12.8 Å². The van der Waals surface area contributed by atoms with Crippen LogP contribution in [-0.4, -0.2) is 42.3 Å². The van der Waals surface area contributed by atoms with Crippen LogP contribution in [0.25, 0.3) is 0 Å². The molecule has 1 aliphatic rings. The number of furan rings is 1. The van der Waals surface area contributed by atoms with Gasteiger partial charge in [0.1, 0.15) is 28.0 Å². The van der Waals surface area contributed by atoms with Crippen LogP contribution in [0.5, 0.6) is 0 Å². The van der Waals surface area contributed by atoms with Crippen molar-refractivity contribution < 1.29 is 27.5 Å². The molecule has 116 valence electrons. The predicted octanol–water partition coefficient (Wildman–Crippen LogP) is 0.233. The standard InChI is InChI=1S/C12H16N2O6S/c1-6-9(12(16)17)10(7(2)20-6)21(18,19)14-5-3-4-8(14)11(13)15/h8H,3-5H2,1-2H3,(H2,13,15)(H,16,17). The molecule has 2 heterocycles. The smallest absolute Gasteiger partial charge is 0.340 e. The van der Waals surface area contributed by atoms with Gasteiger partial charge in [0, 0.05) is 6.54 Å². The Balaban J connectivity index is 2.60. The van der Waals surface area contributed by atoms with Crippen molar-refractivity contribution in [1.82, 2.24) is 4.31 Å². The van der Waals surface area contributed by atoms with E-state index in [4.69, 9.17) is 10.2 Å². The van der Waals surface area contributed by atoms with Gasteiger partial charge in [-0.25, -0.2) is 13.2 Å². The average molecular weight is 316 g/mol. The third-order valence-electron chi connectivity index (χ3n) is 3.52. The second-order valence-corrected chi connectivity index (χ2v) is 6.73. The van der Waals surface area contributed by atoms with Crippen molar-refractivity contribution in [2.45, 2.75) is 37.6 Å². The van der Waals surface area contributed by atoms with Crippen LogP contribution in [0.3, 0.4) is 0 Å². The fraction of sp³-hybridized carbons (Fsp3) is 0.500. The maximum atomic E-state index is 12.7. The van der Waals surface area contributed by atoms with Crippen LogP contribution < -0.4 is 5.73 Å². The molecule has 8 nitrogen and oxygen atoms in total. The van der Waals surface area contributed by atoms with Crippen LogP contribution in [0.2, 0.25) is 0 Å². The zero-order valence-electron chi connectivity index (χ0n) is 11.6. The molecule has 9 heteroatoms. The summed E-state index contributed by atoms with van der Waals surface area (Å²) in [6.45, 7) is 2.88. The molecule has 1 aromatic rings. The van der Waals surface area contributed by atoms with E-state index in [1.165, 1.54) is 13.8 Å². The van der Waals surface area contributed by atoms with Gasteiger partial charge < -0.3 is 15.3 Å². The molecule has 0 aliphatic carbocycles. The number of carboxylic acids is 1. The molecule has 0 bridgehead atoms. The monoisotopic (exact) mass is 316 g/mol. The van der Waals surface area contributed by atoms with E-state index in [9.17, 15) is 23.1 Å². The molecular weight excluding hydrogens is 300 g/mol. The second kappa shape index (κ2) is 5.15. The van der Waals surface area contributed by atoms with Gasteiger partial charge >= 0.3 is 5.97 Å². The summed E-state index contributed by atoms with van der Waals surface area (Å²) in [7, 11) is -4.16. The zero-order valence-corrected chi connectivity index (χ0v) is 12.4. The van der Waals surface area contributed by atoms with Gasteiger partial charge in [-0.15, -0.1) is 0 Å². The molecule has 1 aromatic heterocycles. The first-order chi connectivity index (χ1) is 9.67. The van der Waals surface area contributed by atoms with Gasteiger partial charge in [0.2, 0.25) is 15.9 Å². The van der Waals surface area contributed by atoms with Gasteiger partial charge in [0.15, 0.2) is 0 Å². The summed E-state index contributed by atoms with van der Waals surface area (Å²) in [5.41, 5.74) is 4.82. The number of carboxylic acid groups (broad SMARTS) is 1. The SMILES string of the molecule is Cc1oc(C)c(S(=O)(=O)N2CCCC2C(N)=O)c1C(=O)O. The number of aryl methyl sites for hydroxylation is 2. The van der Waals surface area contributed by atoms with E-state index >= 15 is 0 Å². The Bertz CT molecular complexity index is 706. The maximum Gasteiger partial charge on any atom is 0.340 e. The van der Waals surface area contributed by atoms with Crippen molar-refractivity contribution in [3.8, 4) is 0 Å². The van der Waals surface area contributed by atoms with E-state index in [1.54, 1.807) is 0 Å². The number of rotatable bonds is 4. The highest BCUT2D eigenvalue weighted by Crippen LogP contribution is 2.33. The highest BCUT2D eigenvalue weighted by Gasteiger charge is 2.42. The first-order valence-electron chi connectivity index (χ1n) is 6.32. The summed E-state index contributed by atoms with van der Waals surface area (Å²) in [6, 6.07) is -0.953. The molecule has 1 aliphatic heterocycles. The van der Waals surface area contributed by atoms with Crippen LogP contribution in [0, 0.1) is 13.8 Å². The third kappa shape index (κ3) is 2.42. The average Bonchev–Trinajstić information content (AvgIpc) is 2.93. The van der Waals surface area contributed by atoms with Crippen LogP contribution in [0.1, 0.15) is 34.7 Å². The lowest BCUT2D eigenvalue weighted by molar-refractivity contribution is -0.121. The van der Waals surface area contributed by atoms with Crippen LogP contribution >= 0.6 is 0 Å². The van der Waals surface area contributed by atoms with Gasteiger partial charge in [-0.1, -0.05) is 0 Å². The predicted molar refractivity (Wildman–Crippen MR) is 71.2 cm³/mol. The lowest BCUT2D eigenvalue weighted by Crippen LogP contribution is -2.44. The molecule has 0 spiro atoms. The summed E-state index contributed by atoms with van der Waals surface area (Å²) in [4.78, 5) is 22.3. The van der Waals surface area contributed by atoms with Gasteiger partial charge in [-0.3, -0.25) is 4.79 Å². The number of hydrogen-bond donors (Lipinski definition) is 2. The topological polar surface area (TPSA) is 131 Å². The van der Waals surface area contributed by atoms with Gasteiger partial charge in [-0.2, -0.15) is 4.31 Å². The van der Waals surface area contributed by atoms with Crippen molar-refractivity contribution in [3.05, 3.63) is 17.1 Å². The summed E-state index contributed by atoms with van der Waals surface area (Å²) < 4.78 is 31.5. The van der Waals surface area contributed by atoms with Gasteiger partial charge in [0.25, 0.3) is 0 Å². The lowest BCUT2D eigenvalue weighted by Gasteiger charge is -2.21. The molecule has 1 atom stereocenters. The Morgan fingerprint density at radius 2 is 1.95 bits per heavy atom. The fourth-order valence-corrected chi connectivity index (χ4v) is 4.69. The van der Waals surface area contributed by atoms with Crippen molar-refractivity contribution in [1.29, 1.82) is 0 Å². The quantitative estimate of drug-likeness (QED) is 0.817. The molecule has 1 fully saturated rings. The first kappa shape index (κ1) is 15.5. The molecule has 0 aromatic carbocycles. The molecule has 1 amide bonds. The number of nitrogens with two attached hydrogens (primary N) is 1. The largest absolute Gasteiger partial charge is 0.478 e. The molecule has 0 radical (unpaired) electrons. The maximum absolute atomic E-state index is 12.7. The Morgan fingerprint density at radius 3 is 2.48 bits per heavy atom. The van der Waals surface area contributed by atoms with E-state index in [0.717, 1.165) is 4.31 Å². The number of carbonyl (C=O) groups is 2. The summed E-state index contributed by atoms with van der Waals surface area (Å²) >= 11 is 0. The second-order valence-electron chi connectivity index (χ2n) is 4.90. The van der Waals surface area contributed by atoms with Crippen molar-refractivity contribution >= 4 is 21.9 Å². The van der Waals surface area contributed by atoms with Gasteiger partial charge in [0.05, 0.1) is 0 Å². The number of amides is 1. The Morgan fingerprint density at radius 1 is 1.33 bits per heavy atom. The summed E-state index contributed by atoms with van der Waals surface area (Å²) in [6.07, 6.45) is 0.817. The van der Waals surface area contributed by atoms with Crippen molar-refractivity contribution in [2.24, 2.45) is 5.73 Å². The Kier molecular flexibility index (Phi) is 3.81. The number of carbonyl (C=O) groups excluding carboxylic acids is 1. The molecule has 21 heavy (non-hydrogen) atoms. The van der Waals surface area contributed by atoms with Crippen LogP contribution in [0.15, 0.2) is 9.31 Å². The van der Waals surface area contributed by atoms with E-state index in [2.05, 4.69) is 0 Å². The highest BCUT2D eigenvalue weighted by molar-refractivity contribution is 7.89. The molecule has 1 unspecified atom stereocenters. The van der Waals surface area contributed by atoms with E-state index in [-0.39, 0.29) is 18.1 Å². The molecule has 0 saturated carbocycles. The molecule has 3 N–H and O–H groups in total. The Labute approximate surface area is 121 Å². The number of hydrogen-bond acceptors (Lipinski definition) is 5.